The number of rotatable bonds is 5. The summed E-state index contributed by atoms with van der Waals surface area (Å²) in [6.45, 7) is 3.76. The van der Waals surface area contributed by atoms with Crippen LogP contribution in [0.15, 0.2) is 58.1 Å². The minimum Gasteiger partial charge on any atom is -0.445 e. The fraction of sp³-hybridized carbons (Fsp3) is 0.150. The number of thioether (sulfide) groups is 1. The summed E-state index contributed by atoms with van der Waals surface area (Å²) in [6.07, 6.45) is 0. The lowest BCUT2D eigenvalue weighted by Crippen LogP contribution is -2.02. The molecule has 8 heteroatoms. The normalized spacial score (nSPS) is 11.1. The average Bonchev–Trinajstić information content (AvgIpc) is 3.24. The predicted molar refractivity (Wildman–Crippen MR) is 107 cm³/mol. The van der Waals surface area contributed by atoms with E-state index in [0.29, 0.717) is 38.9 Å². The zero-order valence-corrected chi connectivity index (χ0v) is 16.8. The third-order valence-electron chi connectivity index (χ3n) is 4.24. The number of halogens is 2. The van der Waals surface area contributed by atoms with Gasteiger partial charge in [-0.15, -0.1) is 10.2 Å². The molecule has 0 saturated carbocycles. The molecule has 2 aromatic heterocycles. The summed E-state index contributed by atoms with van der Waals surface area (Å²) < 4.78 is 21.9. The molecule has 0 aliphatic carbocycles. The molecule has 2 aromatic carbocycles. The molecule has 0 radical (unpaired) electrons. The molecule has 5 nitrogen and oxygen atoms in total. The van der Waals surface area contributed by atoms with E-state index in [1.807, 2.05) is 32.0 Å². The monoisotopic (exact) mass is 414 g/mol. The molecule has 0 fully saturated rings. The van der Waals surface area contributed by atoms with E-state index in [1.165, 1.54) is 17.8 Å². The molecule has 0 N–H and O–H groups in total. The summed E-state index contributed by atoms with van der Waals surface area (Å²) >= 11 is 7.72. The largest absolute Gasteiger partial charge is 0.445 e. The van der Waals surface area contributed by atoms with E-state index in [0.717, 1.165) is 11.5 Å². The minimum absolute atomic E-state index is 0.352. The van der Waals surface area contributed by atoms with Crippen molar-refractivity contribution in [1.29, 1.82) is 0 Å². The van der Waals surface area contributed by atoms with Gasteiger partial charge in [-0.1, -0.05) is 47.6 Å². The highest BCUT2D eigenvalue weighted by Gasteiger charge is 2.20. The summed E-state index contributed by atoms with van der Waals surface area (Å²) in [4.78, 5) is 4.38. The van der Waals surface area contributed by atoms with E-state index < -0.39 is 0 Å². The van der Waals surface area contributed by atoms with Crippen LogP contribution in [0.1, 0.15) is 17.3 Å². The Labute approximate surface area is 170 Å². The number of aromatic nitrogens is 4. The number of para-hydroxylation sites is 1. The first-order chi connectivity index (χ1) is 13.5. The highest BCUT2D eigenvalue weighted by molar-refractivity contribution is 7.98. The van der Waals surface area contributed by atoms with Gasteiger partial charge in [0.05, 0.1) is 22.2 Å². The van der Waals surface area contributed by atoms with Crippen molar-refractivity contribution in [3.8, 4) is 17.1 Å². The van der Waals surface area contributed by atoms with Gasteiger partial charge in [0.2, 0.25) is 5.89 Å². The molecule has 0 amide bonds. The summed E-state index contributed by atoms with van der Waals surface area (Å²) in [7, 11) is 0. The van der Waals surface area contributed by atoms with E-state index in [4.69, 9.17) is 16.0 Å². The van der Waals surface area contributed by atoms with Crippen molar-refractivity contribution in [1.82, 2.24) is 19.7 Å². The number of hydrogen-bond donors (Lipinski definition) is 0. The standard InChI is InChI=1S/C20H16ClFN4OS/c1-12-13(2)27-18(23-12)11-28-20-25-24-19(14-7-3-4-8-15(14)21)26(20)17-10-6-5-9-16(17)22/h3-10H,11H2,1-2H3. The molecule has 0 unspecified atom stereocenters. The molecule has 0 aliphatic heterocycles. The van der Waals surface area contributed by atoms with Crippen molar-refractivity contribution in [2.45, 2.75) is 24.8 Å². The van der Waals surface area contributed by atoms with Crippen LogP contribution in [-0.2, 0) is 5.75 Å². The highest BCUT2D eigenvalue weighted by atomic mass is 35.5. The Morgan fingerprint density at radius 3 is 2.54 bits per heavy atom. The minimum atomic E-state index is -0.375. The molecule has 0 spiro atoms. The van der Waals surface area contributed by atoms with Gasteiger partial charge in [-0.2, -0.15) is 0 Å². The quantitative estimate of drug-likeness (QED) is 0.396. The first kappa shape index (κ1) is 18.7. The second kappa shape index (κ2) is 7.77. The van der Waals surface area contributed by atoms with Crippen molar-refractivity contribution >= 4 is 23.4 Å². The summed E-state index contributed by atoms with van der Waals surface area (Å²) in [6, 6.07) is 13.8. The number of nitrogens with zero attached hydrogens (tertiary/aromatic N) is 4. The molecule has 2 heterocycles. The van der Waals surface area contributed by atoms with Gasteiger partial charge in [0.25, 0.3) is 0 Å². The second-order valence-corrected chi connectivity index (χ2v) is 7.46. The molecule has 4 aromatic rings. The zero-order valence-electron chi connectivity index (χ0n) is 15.2. The molecule has 0 aliphatic rings. The van der Waals surface area contributed by atoms with Gasteiger partial charge >= 0.3 is 0 Å². The first-order valence-electron chi connectivity index (χ1n) is 8.55. The molecule has 4 rings (SSSR count). The number of aryl methyl sites for hydroxylation is 2. The Hall–Kier alpha value is -2.64. The lowest BCUT2D eigenvalue weighted by molar-refractivity contribution is 0.489. The molecule has 0 atom stereocenters. The van der Waals surface area contributed by atoms with Gasteiger partial charge in [-0.25, -0.2) is 9.37 Å². The SMILES string of the molecule is Cc1nc(CSc2nnc(-c3ccccc3Cl)n2-c2ccccc2F)oc1C. The van der Waals surface area contributed by atoms with Crippen molar-refractivity contribution in [2.24, 2.45) is 0 Å². The topological polar surface area (TPSA) is 56.7 Å². The van der Waals surface area contributed by atoms with Crippen LogP contribution in [0, 0.1) is 19.7 Å². The Bertz CT molecular complexity index is 1120. The lowest BCUT2D eigenvalue weighted by Gasteiger charge is -2.11. The van der Waals surface area contributed by atoms with Crippen LogP contribution < -0.4 is 0 Å². The Balaban J connectivity index is 1.78. The predicted octanol–water partition coefficient (Wildman–Crippen LogP) is 5.62. The number of oxazole rings is 1. The van der Waals surface area contributed by atoms with Crippen molar-refractivity contribution < 1.29 is 8.81 Å². The van der Waals surface area contributed by atoms with Crippen LogP contribution in [0.2, 0.25) is 5.02 Å². The van der Waals surface area contributed by atoms with Crippen LogP contribution in [0.25, 0.3) is 17.1 Å². The highest BCUT2D eigenvalue weighted by Crippen LogP contribution is 2.33. The number of hydrogen-bond acceptors (Lipinski definition) is 5. The third kappa shape index (κ3) is 3.55. The van der Waals surface area contributed by atoms with E-state index in [1.54, 1.807) is 28.8 Å². The summed E-state index contributed by atoms with van der Waals surface area (Å²) in [5.74, 6) is 1.91. The van der Waals surface area contributed by atoms with E-state index in [9.17, 15) is 4.39 Å². The Kier molecular flexibility index (Phi) is 5.19. The number of benzene rings is 2. The molecule has 142 valence electrons. The maximum Gasteiger partial charge on any atom is 0.205 e. The van der Waals surface area contributed by atoms with Crippen molar-refractivity contribution in [2.75, 3.05) is 0 Å². The lowest BCUT2D eigenvalue weighted by atomic mass is 10.2. The van der Waals surface area contributed by atoms with E-state index in [2.05, 4.69) is 15.2 Å². The fourth-order valence-corrected chi connectivity index (χ4v) is 3.77. The molecular formula is C20H16ClFN4OS. The summed E-state index contributed by atoms with van der Waals surface area (Å²) in [5.41, 5.74) is 1.88. The van der Waals surface area contributed by atoms with Crippen LogP contribution in [0.4, 0.5) is 4.39 Å². The van der Waals surface area contributed by atoms with E-state index in [-0.39, 0.29) is 5.82 Å². The van der Waals surface area contributed by atoms with Crippen LogP contribution in [-0.4, -0.2) is 19.7 Å². The first-order valence-corrected chi connectivity index (χ1v) is 9.92. The summed E-state index contributed by atoms with van der Waals surface area (Å²) in [5, 5.41) is 9.60. The van der Waals surface area contributed by atoms with Crippen molar-refractivity contribution in [3.63, 3.8) is 0 Å². The van der Waals surface area contributed by atoms with Gasteiger partial charge in [-0.3, -0.25) is 4.57 Å². The Morgan fingerprint density at radius 2 is 1.82 bits per heavy atom. The smallest absolute Gasteiger partial charge is 0.205 e. The molecular weight excluding hydrogens is 399 g/mol. The van der Waals surface area contributed by atoms with Crippen LogP contribution in [0.5, 0.6) is 0 Å². The van der Waals surface area contributed by atoms with Gasteiger partial charge < -0.3 is 4.42 Å². The van der Waals surface area contributed by atoms with Crippen LogP contribution in [0.3, 0.4) is 0 Å². The van der Waals surface area contributed by atoms with Gasteiger partial charge in [0.15, 0.2) is 11.0 Å². The maximum absolute atomic E-state index is 14.6. The van der Waals surface area contributed by atoms with Gasteiger partial charge in [0, 0.05) is 5.56 Å². The fourth-order valence-electron chi connectivity index (χ4n) is 2.76. The van der Waals surface area contributed by atoms with E-state index >= 15 is 0 Å². The maximum atomic E-state index is 14.6. The Morgan fingerprint density at radius 1 is 1.07 bits per heavy atom. The average molecular weight is 415 g/mol. The van der Waals surface area contributed by atoms with Crippen LogP contribution >= 0.6 is 23.4 Å². The third-order valence-corrected chi connectivity index (χ3v) is 5.48. The second-order valence-electron chi connectivity index (χ2n) is 6.11. The molecule has 28 heavy (non-hydrogen) atoms. The van der Waals surface area contributed by atoms with Crippen molar-refractivity contribution in [3.05, 3.63) is 76.7 Å². The van der Waals surface area contributed by atoms with Gasteiger partial charge in [0.1, 0.15) is 11.6 Å². The zero-order chi connectivity index (χ0) is 19.7. The molecule has 0 saturated heterocycles. The molecule has 0 bridgehead atoms. The van der Waals surface area contributed by atoms with Gasteiger partial charge in [-0.05, 0) is 38.1 Å².